The Bertz CT molecular complexity index is 779. The molecule has 2 N–H and O–H groups in total. The molecule has 0 bridgehead atoms. The van der Waals surface area contributed by atoms with Crippen molar-refractivity contribution in [2.75, 3.05) is 5.73 Å². The second kappa shape index (κ2) is 4.85. The van der Waals surface area contributed by atoms with E-state index in [1.54, 1.807) is 30.3 Å². The topological polar surface area (TPSA) is 95.6 Å². The lowest BCUT2D eigenvalue weighted by Crippen LogP contribution is -2.24. The lowest BCUT2D eigenvalue weighted by atomic mass is 10.2. The maximum atomic E-state index is 12.1. The Kier molecular flexibility index (Phi) is 3.24. The second-order valence-electron chi connectivity index (χ2n) is 3.70. The van der Waals surface area contributed by atoms with Crippen LogP contribution in [0.15, 0.2) is 35.1 Å². The summed E-state index contributed by atoms with van der Waals surface area (Å²) in [6, 6.07) is 11.1. The number of halogens is 1. The summed E-state index contributed by atoms with van der Waals surface area (Å²) in [6.45, 7) is 0. The SMILES string of the molecule is N#Cc1cc(C#N)c(=O)n(-c2ccc(Cl)cc2)c1N. The van der Waals surface area contributed by atoms with Gasteiger partial charge in [0.25, 0.3) is 5.56 Å². The van der Waals surface area contributed by atoms with Gasteiger partial charge in [-0.05, 0) is 30.3 Å². The molecule has 5 nitrogen and oxygen atoms in total. The Morgan fingerprint density at radius 2 is 1.68 bits per heavy atom. The molecule has 0 unspecified atom stereocenters. The van der Waals surface area contributed by atoms with Gasteiger partial charge in [-0.1, -0.05) is 11.6 Å². The number of nitrogens with two attached hydrogens (primary N) is 1. The van der Waals surface area contributed by atoms with Gasteiger partial charge in [-0.2, -0.15) is 10.5 Å². The van der Waals surface area contributed by atoms with Crippen molar-refractivity contribution < 1.29 is 0 Å². The van der Waals surface area contributed by atoms with E-state index in [0.717, 1.165) is 4.57 Å². The van der Waals surface area contributed by atoms with Gasteiger partial charge in [0.1, 0.15) is 23.5 Å². The Balaban J connectivity index is 2.84. The van der Waals surface area contributed by atoms with Crippen LogP contribution in [0.2, 0.25) is 5.02 Å². The summed E-state index contributed by atoms with van der Waals surface area (Å²) in [5, 5.41) is 18.4. The van der Waals surface area contributed by atoms with Crippen LogP contribution >= 0.6 is 11.6 Å². The van der Waals surface area contributed by atoms with Crippen LogP contribution in [-0.2, 0) is 0 Å². The van der Waals surface area contributed by atoms with Crippen LogP contribution in [0.3, 0.4) is 0 Å². The molecule has 0 fully saturated rings. The molecule has 92 valence electrons. The molecular weight excluding hydrogens is 264 g/mol. The molecule has 1 heterocycles. The number of nitrogen functional groups attached to an aromatic ring is 1. The third kappa shape index (κ3) is 2.15. The molecule has 0 aliphatic rings. The summed E-state index contributed by atoms with van der Waals surface area (Å²) in [6.07, 6.45) is 0. The standard InChI is InChI=1S/C13H7ClN4O/c14-10-1-3-11(4-2-10)18-12(17)8(6-15)5-9(7-16)13(18)19/h1-5H,17H2. The number of anilines is 1. The smallest absolute Gasteiger partial charge is 0.274 e. The fourth-order valence-corrected chi connectivity index (χ4v) is 1.77. The third-order valence-electron chi connectivity index (χ3n) is 2.56. The van der Waals surface area contributed by atoms with Crippen molar-refractivity contribution in [3.8, 4) is 17.8 Å². The van der Waals surface area contributed by atoms with E-state index in [0.29, 0.717) is 10.7 Å². The van der Waals surface area contributed by atoms with Crippen molar-refractivity contribution in [1.82, 2.24) is 4.57 Å². The van der Waals surface area contributed by atoms with Crippen LogP contribution in [0.25, 0.3) is 5.69 Å². The predicted molar refractivity (Wildman–Crippen MR) is 70.9 cm³/mol. The van der Waals surface area contributed by atoms with Crippen LogP contribution in [0, 0.1) is 22.7 Å². The fourth-order valence-electron chi connectivity index (χ4n) is 1.65. The molecule has 0 amide bonds. The van der Waals surface area contributed by atoms with Gasteiger partial charge >= 0.3 is 0 Å². The van der Waals surface area contributed by atoms with E-state index < -0.39 is 5.56 Å². The summed E-state index contributed by atoms with van der Waals surface area (Å²) < 4.78 is 1.12. The van der Waals surface area contributed by atoms with Crippen molar-refractivity contribution in [2.24, 2.45) is 0 Å². The Morgan fingerprint density at radius 3 is 2.21 bits per heavy atom. The predicted octanol–water partition coefficient (Wildman–Crippen LogP) is 1.82. The van der Waals surface area contributed by atoms with E-state index in [1.807, 2.05) is 6.07 Å². The van der Waals surface area contributed by atoms with E-state index in [1.165, 1.54) is 6.07 Å². The molecule has 0 aliphatic heterocycles. The zero-order valence-corrected chi connectivity index (χ0v) is 10.3. The maximum Gasteiger partial charge on any atom is 0.274 e. The van der Waals surface area contributed by atoms with Gasteiger partial charge in [-0.3, -0.25) is 9.36 Å². The summed E-state index contributed by atoms with van der Waals surface area (Å²) in [7, 11) is 0. The lowest BCUT2D eigenvalue weighted by Gasteiger charge is -2.11. The van der Waals surface area contributed by atoms with Crippen molar-refractivity contribution in [3.05, 3.63) is 56.8 Å². The average Bonchev–Trinajstić information content (AvgIpc) is 2.41. The fraction of sp³-hybridized carbons (Fsp3) is 0. The van der Waals surface area contributed by atoms with Gasteiger partial charge < -0.3 is 5.73 Å². The first-order chi connectivity index (χ1) is 9.08. The number of nitriles is 2. The summed E-state index contributed by atoms with van der Waals surface area (Å²) in [5.74, 6) is -0.00572. The highest BCUT2D eigenvalue weighted by atomic mass is 35.5. The quantitative estimate of drug-likeness (QED) is 0.855. The van der Waals surface area contributed by atoms with Gasteiger partial charge in [-0.25, -0.2) is 0 Å². The first-order valence-electron chi connectivity index (χ1n) is 5.20. The Hall–Kier alpha value is -2.76. The number of nitrogens with zero attached hydrogens (tertiary/aromatic N) is 3. The molecule has 0 spiro atoms. The molecule has 0 saturated carbocycles. The first-order valence-corrected chi connectivity index (χ1v) is 5.58. The van der Waals surface area contributed by atoms with Gasteiger partial charge in [0.05, 0.1) is 11.3 Å². The van der Waals surface area contributed by atoms with E-state index in [9.17, 15) is 4.79 Å². The molecular formula is C13H7ClN4O. The summed E-state index contributed by atoms with van der Waals surface area (Å²) in [5.41, 5.74) is 5.60. The number of hydrogen-bond donors (Lipinski definition) is 1. The van der Waals surface area contributed by atoms with Crippen LogP contribution in [-0.4, -0.2) is 4.57 Å². The second-order valence-corrected chi connectivity index (χ2v) is 4.13. The van der Waals surface area contributed by atoms with Crippen molar-refractivity contribution >= 4 is 17.4 Å². The van der Waals surface area contributed by atoms with Gasteiger partial charge in [0.15, 0.2) is 0 Å². The van der Waals surface area contributed by atoms with Crippen molar-refractivity contribution in [2.45, 2.75) is 0 Å². The molecule has 2 rings (SSSR count). The minimum Gasteiger partial charge on any atom is -0.384 e. The lowest BCUT2D eigenvalue weighted by molar-refractivity contribution is 0.991. The normalized spacial score (nSPS) is 9.63. The number of rotatable bonds is 1. The van der Waals surface area contributed by atoms with E-state index >= 15 is 0 Å². The molecule has 0 radical (unpaired) electrons. The zero-order valence-electron chi connectivity index (χ0n) is 9.59. The van der Waals surface area contributed by atoms with Gasteiger partial charge in [0, 0.05) is 5.02 Å². The summed E-state index contributed by atoms with van der Waals surface area (Å²) >= 11 is 5.77. The van der Waals surface area contributed by atoms with Crippen molar-refractivity contribution in [3.63, 3.8) is 0 Å². The maximum absolute atomic E-state index is 12.1. The van der Waals surface area contributed by atoms with E-state index in [4.69, 9.17) is 27.9 Å². The van der Waals surface area contributed by atoms with E-state index in [-0.39, 0.29) is 16.9 Å². The average molecular weight is 271 g/mol. The minimum absolute atomic E-state index is 0.00572. The molecule has 1 aromatic carbocycles. The Labute approximate surface area is 113 Å². The third-order valence-corrected chi connectivity index (χ3v) is 2.82. The number of pyridine rings is 1. The van der Waals surface area contributed by atoms with Gasteiger partial charge in [-0.15, -0.1) is 0 Å². The van der Waals surface area contributed by atoms with Crippen LogP contribution in [0.5, 0.6) is 0 Å². The number of benzene rings is 1. The highest BCUT2D eigenvalue weighted by Crippen LogP contribution is 2.18. The molecule has 6 heteroatoms. The molecule has 0 saturated heterocycles. The number of hydrogen-bond acceptors (Lipinski definition) is 4. The Morgan fingerprint density at radius 1 is 1.11 bits per heavy atom. The first kappa shape index (κ1) is 12.7. The molecule has 0 atom stereocenters. The van der Waals surface area contributed by atoms with E-state index in [2.05, 4.69) is 0 Å². The molecule has 19 heavy (non-hydrogen) atoms. The highest BCUT2D eigenvalue weighted by Gasteiger charge is 2.13. The summed E-state index contributed by atoms with van der Waals surface area (Å²) in [4.78, 5) is 12.1. The minimum atomic E-state index is -0.568. The largest absolute Gasteiger partial charge is 0.384 e. The van der Waals surface area contributed by atoms with Crippen LogP contribution in [0.4, 0.5) is 5.82 Å². The van der Waals surface area contributed by atoms with Crippen LogP contribution < -0.4 is 11.3 Å². The van der Waals surface area contributed by atoms with Gasteiger partial charge in [0.2, 0.25) is 0 Å². The number of aromatic nitrogens is 1. The van der Waals surface area contributed by atoms with Crippen LogP contribution in [0.1, 0.15) is 11.1 Å². The highest BCUT2D eigenvalue weighted by molar-refractivity contribution is 6.30. The molecule has 1 aromatic heterocycles. The zero-order chi connectivity index (χ0) is 14.0. The van der Waals surface area contributed by atoms with Crippen molar-refractivity contribution in [1.29, 1.82) is 10.5 Å². The monoisotopic (exact) mass is 270 g/mol. The molecule has 2 aromatic rings. The molecule has 0 aliphatic carbocycles.